The molecule has 2 aromatic carbocycles. The van der Waals surface area contributed by atoms with Crippen molar-refractivity contribution in [3.8, 4) is 5.69 Å². The lowest BCUT2D eigenvalue weighted by atomic mass is 10.2. The third kappa shape index (κ3) is 4.06. The van der Waals surface area contributed by atoms with Gasteiger partial charge in [-0.1, -0.05) is 0 Å². The Balaban J connectivity index is 1.52. The minimum absolute atomic E-state index is 0.104. The van der Waals surface area contributed by atoms with Gasteiger partial charge in [-0.15, -0.1) is 11.3 Å². The number of nitro groups is 1. The van der Waals surface area contributed by atoms with Gasteiger partial charge >= 0.3 is 5.69 Å². The SMILES string of the molecule is Cc1csc(C(=O)Nc2ccc(-n3ncn(C(=O)c4ccc([N+](=O)[O-])cc4)c3=O)cc2)n1. The number of carbonyl (C=O) groups excluding carboxylic acids is 2. The van der Waals surface area contributed by atoms with Gasteiger partial charge in [0.1, 0.15) is 6.33 Å². The van der Waals surface area contributed by atoms with Crippen LogP contribution in [0.25, 0.3) is 5.69 Å². The predicted molar refractivity (Wildman–Crippen MR) is 115 cm³/mol. The molecule has 4 aromatic rings. The molecule has 0 bridgehead atoms. The number of benzene rings is 2. The Hall–Kier alpha value is -4.45. The van der Waals surface area contributed by atoms with E-state index in [4.69, 9.17) is 0 Å². The summed E-state index contributed by atoms with van der Waals surface area (Å²) in [6, 6.07) is 11.2. The van der Waals surface area contributed by atoms with Crippen LogP contribution in [0.5, 0.6) is 0 Å². The predicted octanol–water partition coefficient (Wildman–Crippen LogP) is 2.65. The van der Waals surface area contributed by atoms with Gasteiger partial charge in [-0.05, 0) is 43.3 Å². The number of nitro benzene ring substituents is 1. The Morgan fingerprint density at radius 3 is 2.38 bits per heavy atom. The molecular formula is C20H14N6O5S. The first-order valence-electron chi connectivity index (χ1n) is 9.13. The molecule has 0 spiro atoms. The van der Waals surface area contributed by atoms with E-state index in [-0.39, 0.29) is 17.2 Å². The van der Waals surface area contributed by atoms with Gasteiger partial charge in [0.2, 0.25) is 0 Å². The highest BCUT2D eigenvalue weighted by molar-refractivity contribution is 7.11. The minimum Gasteiger partial charge on any atom is -0.320 e. The van der Waals surface area contributed by atoms with E-state index in [9.17, 15) is 24.5 Å². The van der Waals surface area contributed by atoms with Crippen molar-refractivity contribution in [3.63, 3.8) is 0 Å². The third-order valence-electron chi connectivity index (χ3n) is 4.40. The standard InChI is InChI=1S/C20H14N6O5S/c1-12-10-32-18(22-12)17(27)23-14-4-8-15(9-5-14)25-20(29)24(11-21-25)19(28)13-2-6-16(7-3-13)26(30)31/h2-11H,1H3,(H,23,27). The highest BCUT2D eigenvalue weighted by Gasteiger charge is 2.17. The van der Waals surface area contributed by atoms with E-state index < -0.39 is 16.5 Å². The average Bonchev–Trinajstić information content (AvgIpc) is 3.39. The summed E-state index contributed by atoms with van der Waals surface area (Å²) in [5.41, 5.74) is 0.876. The van der Waals surface area contributed by atoms with E-state index in [0.29, 0.717) is 16.4 Å². The highest BCUT2D eigenvalue weighted by Crippen LogP contribution is 2.16. The number of hydrogen-bond acceptors (Lipinski definition) is 8. The number of aromatic nitrogens is 4. The van der Waals surface area contributed by atoms with Crippen LogP contribution in [0.15, 0.2) is 65.0 Å². The number of hydrogen-bond donors (Lipinski definition) is 1. The van der Waals surface area contributed by atoms with E-state index in [1.165, 1.54) is 35.6 Å². The Kier molecular flexibility index (Phi) is 5.43. The molecule has 0 saturated heterocycles. The number of thiazole rings is 1. The van der Waals surface area contributed by atoms with Gasteiger partial charge in [0.15, 0.2) is 5.01 Å². The van der Waals surface area contributed by atoms with Crippen molar-refractivity contribution in [2.45, 2.75) is 6.92 Å². The van der Waals surface area contributed by atoms with Crippen LogP contribution in [0.2, 0.25) is 0 Å². The Bertz CT molecular complexity index is 1390. The molecule has 1 amide bonds. The molecule has 32 heavy (non-hydrogen) atoms. The number of amides is 1. The van der Waals surface area contributed by atoms with Gasteiger partial charge in [0.05, 0.1) is 10.6 Å². The normalized spacial score (nSPS) is 10.7. The number of nitrogens with one attached hydrogen (secondary N) is 1. The van der Waals surface area contributed by atoms with Gasteiger partial charge in [0, 0.05) is 34.5 Å². The number of rotatable bonds is 5. The molecule has 1 N–H and O–H groups in total. The second-order valence-electron chi connectivity index (χ2n) is 6.60. The van der Waals surface area contributed by atoms with Crippen LogP contribution < -0.4 is 11.0 Å². The summed E-state index contributed by atoms with van der Waals surface area (Å²) in [6.45, 7) is 1.80. The second kappa shape index (κ2) is 8.35. The lowest BCUT2D eigenvalue weighted by molar-refractivity contribution is -0.384. The number of non-ortho nitro benzene ring substituents is 1. The third-order valence-corrected chi connectivity index (χ3v) is 5.36. The molecule has 2 heterocycles. The van der Waals surface area contributed by atoms with Gasteiger partial charge in [-0.2, -0.15) is 9.78 Å². The molecule has 0 saturated carbocycles. The van der Waals surface area contributed by atoms with Gasteiger partial charge in [0.25, 0.3) is 17.5 Å². The zero-order valence-electron chi connectivity index (χ0n) is 16.5. The van der Waals surface area contributed by atoms with Gasteiger partial charge in [-0.25, -0.2) is 14.3 Å². The van der Waals surface area contributed by atoms with Crippen molar-refractivity contribution in [1.82, 2.24) is 19.3 Å². The minimum atomic E-state index is -0.705. The molecule has 0 atom stereocenters. The molecule has 0 aliphatic heterocycles. The van der Waals surface area contributed by atoms with Crippen LogP contribution in [-0.2, 0) is 0 Å². The van der Waals surface area contributed by atoms with Gasteiger partial charge in [-0.3, -0.25) is 19.7 Å². The summed E-state index contributed by atoms with van der Waals surface area (Å²) in [5, 5.41) is 19.5. The molecular weight excluding hydrogens is 436 g/mol. The maximum Gasteiger partial charge on any atom is 0.357 e. The Labute approximate surface area is 183 Å². The van der Waals surface area contributed by atoms with E-state index in [1.807, 2.05) is 0 Å². The Morgan fingerprint density at radius 2 is 1.78 bits per heavy atom. The molecule has 11 nitrogen and oxygen atoms in total. The van der Waals surface area contributed by atoms with Crippen molar-refractivity contribution in [1.29, 1.82) is 0 Å². The molecule has 0 unspecified atom stereocenters. The topological polar surface area (TPSA) is 142 Å². The molecule has 0 aliphatic rings. The van der Waals surface area contributed by atoms with E-state index in [0.717, 1.165) is 21.3 Å². The molecule has 160 valence electrons. The summed E-state index contributed by atoms with van der Waals surface area (Å²) in [5.74, 6) is -1.01. The van der Waals surface area contributed by atoms with Crippen molar-refractivity contribution < 1.29 is 14.5 Å². The van der Waals surface area contributed by atoms with Crippen LogP contribution in [0.4, 0.5) is 11.4 Å². The highest BCUT2D eigenvalue weighted by atomic mass is 32.1. The fourth-order valence-corrected chi connectivity index (χ4v) is 3.50. The Morgan fingerprint density at radius 1 is 1.09 bits per heavy atom. The first-order valence-corrected chi connectivity index (χ1v) is 10.0. The second-order valence-corrected chi connectivity index (χ2v) is 7.46. The van der Waals surface area contributed by atoms with Crippen molar-refractivity contribution in [2.24, 2.45) is 0 Å². The van der Waals surface area contributed by atoms with E-state index in [2.05, 4.69) is 15.4 Å². The maximum atomic E-state index is 12.7. The molecule has 12 heteroatoms. The number of nitrogens with zero attached hydrogens (tertiary/aromatic N) is 5. The number of aryl methyl sites for hydroxylation is 1. The molecule has 2 aromatic heterocycles. The van der Waals surface area contributed by atoms with Crippen LogP contribution in [0.3, 0.4) is 0 Å². The molecule has 0 fully saturated rings. The molecule has 0 aliphatic carbocycles. The lowest BCUT2D eigenvalue weighted by Gasteiger charge is -2.05. The summed E-state index contributed by atoms with van der Waals surface area (Å²) < 4.78 is 1.83. The van der Waals surface area contributed by atoms with Crippen molar-refractivity contribution in [2.75, 3.05) is 5.32 Å². The largest absolute Gasteiger partial charge is 0.357 e. The van der Waals surface area contributed by atoms with Crippen LogP contribution in [0.1, 0.15) is 25.9 Å². The van der Waals surface area contributed by atoms with E-state index in [1.54, 1.807) is 36.6 Å². The van der Waals surface area contributed by atoms with Crippen LogP contribution >= 0.6 is 11.3 Å². The molecule has 4 rings (SSSR count). The first-order chi connectivity index (χ1) is 15.3. The summed E-state index contributed by atoms with van der Waals surface area (Å²) in [6.07, 6.45) is 1.08. The number of carbonyl (C=O) groups is 2. The summed E-state index contributed by atoms with van der Waals surface area (Å²) in [4.78, 5) is 51.8. The average molecular weight is 450 g/mol. The smallest absolute Gasteiger partial charge is 0.320 e. The van der Waals surface area contributed by atoms with Crippen molar-refractivity contribution >= 4 is 34.5 Å². The monoisotopic (exact) mass is 450 g/mol. The maximum absolute atomic E-state index is 12.7. The lowest BCUT2D eigenvalue weighted by Crippen LogP contribution is -2.28. The molecule has 0 radical (unpaired) electrons. The number of anilines is 1. The van der Waals surface area contributed by atoms with Gasteiger partial charge < -0.3 is 5.32 Å². The fraction of sp³-hybridized carbons (Fsp3) is 0.0500. The summed E-state index contributed by atoms with van der Waals surface area (Å²) >= 11 is 1.24. The van der Waals surface area contributed by atoms with Crippen LogP contribution in [0, 0.1) is 17.0 Å². The zero-order chi connectivity index (χ0) is 22.8. The quantitative estimate of drug-likeness (QED) is 0.364. The fourth-order valence-electron chi connectivity index (χ4n) is 2.81. The van der Waals surface area contributed by atoms with E-state index >= 15 is 0 Å². The first kappa shape index (κ1) is 20.8. The summed E-state index contributed by atoms with van der Waals surface area (Å²) in [7, 11) is 0. The zero-order valence-corrected chi connectivity index (χ0v) is 17.3. The van der Waals surface area contributed by atoms with Crippen LogP contribution in [-0.4, -0.2) is 36.1 Å². The van der Waals surface area contributed by atoms with Crippen molar-refractivity contribution in [3.05, 3.63) is 97.1 Å².